The second-order valence-corrected chi connectivity index (χ2v) is 7.90. The Kier molecular flexibility index (Phi) is 6.94. The van der Waals surface area contributed by atoms with Crippen molar-refractivity contribution < 1.29 is 17.6 Å². The normalized spacial score (nSPS) is 17.3. The molecule has 1 saturated heterocycles. The minimum absolute atomic E-state index is 0. The maximum absolute atomic E-state index is 13.6. The molecular weight excluding hydrogens is 393 g/mol. The second kappa shape index (κ2) is 8.79. The van der Waals surface area contributed by atoms with Gasteiger partial charge in [-0.15, -0.1) is 12.4 Å². The van der Waals surface area contributed by atoms with Gasteiger partial charge in [0.1, 0.15) is 5.82 Å². The number of carbonyl (C=O) groups is 1. The maximum Gasteiger partial charge on any atom is 0.254 e. The monoisotopic (exact) mass is 413 g/mol. The van der Waals surface area contributed by atoms with Gasteiger partial charge >= 0.3 is 0 Å². The van der Waals surface area contributed by atoms with Crippen LogP contribution in [0.15, 0.2) is 48.5 Å². The molecule has 1 fully saturated rings. The van der Waals surface area contributed by atoms with E-state index in [0.29, 0.717) is 36.3 Å². The first-order valence-corrected chi connectivity index (χ1v) is 9.91. The Bertz CT molecular complexity index is 924. The number of benzene rings is 2. The van der Waals surface area contributed by atoms with Gasteiger partial charge in [0.2, 0.25) is 10.0 Å². The zero-order valence-corrected chi connectivity index (χ0v) is 16.1. The summed E-state index contributed by atoms with van der Waals surface area (Å²) < 4.78 is 36.2. The lowest BCUT2D eigenvalue weighted by atomic mass is 10.0. The highest BCUT2D eigenvalue weighted by Crippen LogP contribution is 2.25. The number of piperazine rings is 1. The van der Waals surface area contributed by atoms with E-state index in [-0.39, 0.29) is 35.9 Å². The lowest BCUT2D eigenvalue weighted by Crippen LogP contribution is -2.48. The van der Waals surface area contributed by atoms with Crippen LogP contribution in [0.4, 0.5) is 4.39 Å². The molecule has 3 rings (SSSR count). The number of nitrogens with two attached hydrogens (primary N) is 1. The number of nitrogens with one attached hydrogen (secondary N) is 1. The molecule has 0 saturated carbocycles. The predicted octanol–water partition coefficient (Wildman–Crippen LogP) is 1.82. The van der Waals surface area contributed by atoms with Crippen molar-refractivity contribution in [2.45, 2.75) is 11.8 Å². The Morgan fingerprint density at radius 1 is 1.22 bits per heavy atom. The van der Waals surface area contributed by atoms with Gasteiger partial charge in [-0.2, -0.15) is 0 Å². The van der Waals surface area contributed by atoms with E-state index < -0.39 is 10.0 Å². The van der Waals surface area contributed by atoms with E-state index in [4.69, 9.17) is 5.14 Å². The van der Waals surface area contributed by atoms with Gasteiger partial charge in [0, 0.05) is 25.2 Å². The van der Waals surface area contributed by atoms with E-state index in [2.05, 4.69) is 5.32 Å². The lowest BCUT2D eigenvalue weighted by molar-refractivity contribution is 0.0634. The van der Waals surface area contributed by atoms with E-state index in [1.807, 2.05) is 0 Å². The molecule has 6 nitrogen and oxygen atoms in total. The summed E-state index contributed by atoms with van der Waals surface area (Å²) in [5, 5.41) is 8.30. The summed E-state index contributed by atoms with van der Waals surface area (Å²) in [6.45, 7) is 1.62. The summed E-state index contributed by atoms with van der Waals surface area (Å²) in [5.74, 6) is -0.907. The van der Waals surface area contributed by atoms with Crippen LogP contribution in [0.25, 0.3) is 0 Å². The average Bonchev–Trinajstić information content (AvgIpc) is 2.60. The molecule has 0 aromatic heterocycles. The molecule has 27 heavy (non-hydrogen) atoms. The largest absolute Gasteiger partial charge is 0.329 e. The molecule has 1 amide bonds. The Labute approximate surface area is 164 Å². The number of hydrogen-bond acceptors (Lipinski definition) is 4. The predicted molar refractivity (Wildman–Crippen MR) is 104 cm³/mol. The van der Waals surface area contributed by atoms with Gasteiger partial charge < -0.3 is 10.2 Å². The number of carbonyl (C=O) groups excluding carboxylic acids is 1. The first-order valence-electron chi connectivity index (χ1n) is 8.20. The summed E-state index contributed by atoms with van der Waals surface area (Å²) >= 11 is 0. The molecule has 2 aromatic carbocycles. The van der Waals surface area contributed by atoms with Gasteiger partial charge in [-0.1, -0.05) is 24.3 Å². The van der Waals surface area contributed by atoms with Gasteiger partial charge in [0.25, 0.3) is 5.91 Å². The van der Waals surface area contributed by atoms with Crippen LogP contribution in [0.3, 0.4) is 0 Å². The Balaban J connectivity index is 0.00000261. The fraction of sp³-hybridized carbons (Fsp3) is 0.278. The first-order chi connectivity index (χ1) is 12.3. The summed E-state index contributed by atoms with van der Waals surface area (Å²) in [6.07, 6.45) is 0. The standard InChI is InChI=1S/C18H20FN3O3S.ClH/c19-16-6-2-4-14(10-16)17-11-21-7-8-22(17)18(23)15-5-1-3-13(9-15)12-26(20,24)25;/h1-6,9-10,17,21H,7-8,11-12H2,(H2,20,24,25);1H. The molecule has 1 unspecified atom stereocenters. The van der Waals surface area contributed by atoms with Crippen LogP contribution in [-0.2, 0) is 15.8 Å². The highest BCUT2D eigenvalue weighted by Gasteiger charge is 2.29. The van der Waals surface area contributed by atoms with Crippen LogP contribution in [0.2, 0.25) is 0 Å². The SMILES string of the molecule is Cl.NS(=O)(=O)Cc1cccc(C(=O)N2CCNCC2c2cccc(F)c2)c1. The topological polar surface area (TPSA) is 92.5 Å². The minimum Gasteiger partial charge on any atom is -0.329 e. The van der Waals surface area contributed by atoms with Crippen LogP contribution in [0.1, 0.15) is 27.5 Å². The molecule has 0 radical (unpaired) electrons. The smallest absolute Gasteiger partial charge is 0.254 e. The summed E-state index contributed by atoms with van der Waals surface area (Å²) in [7, 11) is -3.68. The highest BCUT2D eigenvalue weighted by atomic mass is 35.5. The quantitative estimate of drug-likeness (QED) is 0.799. The van der Waals surface area contributed by atoms with Gasteiger partial charge in [-0.3, -0.25) is 4.79 Å². The van der Waals surface area contributed by atoms with E-state index in [1.54, 1.807) is 35.2 Å². The number of hydrogen-bond donors (Lipinski definition) is 2. The third kappa shape index (κ3) is 5.49. The number of amides is 1. The molecule has 146 valence electrons. The van der Waals surface area contributed by atoms with Crippen LogP contribution in [0.5, 0.6) is 0 Å². The number of nitrogens with zero attached hydrogens (tertiary/aromatic N) is 1. The van der Waals surface area contributed by atoms with E-state index in [9.17, 15) is 17.6 Å². The Morgan fingerprint density at radius 2 is 1.96 bits per heavy atom. The van der Waals surface area contributed by atoms with Crippen molar-refractivity contribution in [1.29, 1.82) is 0 Å². The average molecular weight is 414 g/mol. The third-order valence-electron chi connectivity index (χ3n) is 4.28. The molecule has 1 heterocycles. The number of sulfonamides is 1. The van der Waals surface area contributed by atoms with Gasteiger partial charge in [-0.25, -0.2) is 17.9 Å². The van der Waals surface area contributed by atoms with E-state index >= 15 is 0 Å². The molecule has 9 heteroatoms. The first kappa shape index (κ1) is 21.3. The van der Waals surface area contributed by atoms with Crippen molar-refractivity contribution >= 4 is 28.3 Å². The van der Waals surface area contributed by atoms with Gasteiger partial charge in [-0.05, 0) is 35.4 Å². The molecule has 0 spiro atoms. The fourth-order valence-electron chi connectivity index (χ4n) is 3.15. The second-order valence-electron chi connectivity index (χ2n) is 6.28. The molecule has 2 aromatic rings. The number of halogens is 2. The molecule has 0 bridgehead atoms. The molecule has 1 aliphatic rings. The number of primary sulfonamides is 1. The lowest BCUT2D eigenvalue weighted by Gasteiger charge is -2.36. The van der Waals surface area contributed by atoms with Gasteiger partial charge in [0.05, 0.1) is 11.8 Å². The number of rotatable bonds is 4. The summed E-state index contributed by atoms with van der Waals surface area (Å²) in [5.41, 5.74) is 1.55. The van der Waals surface area contributed by atoms with Crippen molar-refractivity contribution in [2.75, 3.05) is 19.6 Å². The summed E-state index contributed by atoms with van der Waals surface area (Å²) in [6, 6.07) is 12.3. The molecule has 0 aliphatic carbocycles. The minimum atomic E-state index is -3.68. The highest BCUT2D eigenvalue weighted by molar-refractivity contribution is 7.88. The zero-order chi connectivity index (χ0) is 18.7. The van der Waals surface area contributed by atoms with E-state index in [0.717, 1.165) is 0 Å². The van der Waals surface area contributed by atoms with Crippen LogP contribution >= 0.6 is 12.4 Å². The third-order valence-corrected chi connectivity index (χ3v) is 5.02. The maximum atomic E-state index is 13.6. The van der Waals surface area contributed by atoms with Crippen molar-refractivity contribution in [3.8, 4) is 0 Å². The van der Waals surface area contributed by atoms with Gasteiger partial charge in [0.15, 0.2) is 0 Å². The molecule has 3 N–H and O–H groups in total. The van der Waals surface area contributed by atoms with Crippen LogP contribution in [0, 0.1) is 5.82 Å². The van der Waals surface area contributed by atoms with Crippen LogP contribution in [-0.4, -0.2) is 38.9 Å². The van der Waals surface area contributed by atoms with E-state index in [1.165, 1.54) is 18.2 Å². The van der Waals surface area contributed by atoms with Crippen molar-refractivity contribution in [1.82, 2.24) is 10.2 Å². The van der Waals surface area contributed by atoms with Crippen molar-refractivity contribution in [3.63, 3.8) is 0 Å². The van der Waals surface area contributed by atoms with Crippen molar-refractivity contribution in [2.24, 2.45) is 5.14 Å². The Morgan fingerprint density at radius 3 is 2.67 bits per heavy atom. The van der Waals surface area contributed by atoms with Crippen molar-refractivity contribution in [3.05, 3.63) is 71.0 Å². The fourth-order valence-corrected chi connectivity index (χ4v) is 3.80. The summed E-state index contributed by atoms with van der Waals surface area (Å²) in [4.78, 5) is 14.7. The van der Waals surface area contributed by atoms with Crippen LogP contribution < -0.4 is 10.5 Å². The molecular formula is C18H21ClFN3O3S. The molecule has 1 atom stereocenters. The molecule has 1 aliphatic heterocycles. The Hall–Kier alpha value is -2.00. The zero-order valence-electron chi connectivity index (χ0n) is 14.5.